The third kappa shape index (κ3) is 4.70. The van der Waals surface area contributed by atoms with E-state index in [2.05, 4.69) is 6.92 Å². The average Bonchev–Trinajstić information content (AvgIpc) is 2.37. The lowest BCUT2D eigenvalue weighted by molar-refractivity contribution is 0.0975. The number of phenols is 1. The highest BCUT2D eigenvalue weighted by Crippen LogP contribution is 2.26. The van der Waals surface area contributed by atoms with Gasteiger partial charge in [0.05, 0.1) is 5.56 Å². The van der Waals surface area contributed by atoms with Gasteiger partial charge < -0.3 is 5.11 Å². The number of hydrogen-bond donors (Lipinski definition) is 1. The molecule has 0 atom stereocenters. The standard InChI is InChI=1S/C17H26O2/c1-4-6-7-8-9-10-15(18)17-14(5-2)11-13(3)12-16(17)19/h11-12,19H,4-10H2,1-3H3. The summed E-state index contributed by atoms with van der Waals surface area (Å²) in [6.45, 7) is 6.15. The van der Waals surface area contributed by atoms with Crippen molar-refractivity contribution >= 4 is 5.78 Å². The van der Waals surface area contributed by atoms with Gasteiger partial charge in [-0.3, -0.25) is 4.79 Å². The number of rotatable bonds is 8. The van der Waals surface area contributed by atoms with Crippen molar-refractivity contribution < 1.29 is 9.90 Å². The van der Waals surface area contributed by atoms with Crippen LogP contribution in [0, 0.1) is 6.92 Å². The van der Waals surface area contributed by atoms with E-state index < -0.39 is 0 Å². The van der Waals surface area contributed by atoms with Gasteiger partial charge in [0.2, 0.25) is 0 Å². The highest BCUT2D eigenvalue weighted by Gasteiger charge is 2.15. The van der Waals surface area contributed by atoms with E-state index in [1.807, 2.05) is 19.9 Å². The van der Waals surface area contributed by atoms with E-state index in [0.29, 0.717) is 12.0 Å². The van der Waals surface area contributed by atoms with Crippen molar-refractivity contribution in [2.45, 2.75) is 65.7 Å². The molecular weight excluding hydrogens is 236 g/mol. The van der Waals surface area contributed by atoms with Crippen molar-refractivity contribution in [2.24, 2.45) is 0 Å². The Morgan fingerprint density at radius 1 is 1.11 bits per heavy atom. The summed E-state index contributed by atoms with van der Waals surface area (Å²) >= 11 is 0. The molecule has 0 radical (unpaired) electrons. The topological polar surface area (TPSA) is 37.3 Å². The molecule has 19 heavy (non-hydrogen) atoms. The Bertz CT molecular complexity index is 422. The van der Waals surface area contributed by atoms with Crippen LogP contribution in [0.15, 0.2) is 12.1 Å². The average molecular weight is 262 g/mol. The maximum atomic E-state index is 12.2. The minimum absolute atomic E-state index is 0.0887. The molecule has 0 spiro atoms. The number of benzene rings is 1. The van der Waals surface area contributed by atoms with Gasteiger partial charge in [0.25, 0.3) is 0 Å². The molecule has 0 aliphatic heterocycles. The summed E-state index contributed by atoms with van der Waals surface area (Å²) in [6.07, 6.45) is 7.02. The van der Waals surface area contributed by atoms with Crippen LogP contribution in [0.4, 0.5) is 0 Å². The third-order valence-corrected chi connectivity index (χ3v) is 3.51. The minimum Gasteiger partial charge on any atom is -0.507 e. The molecule has 0 aromatic heterocycles. The Balaban J connectivity index is 2.66. The molecule has 0 bridgehead atoms. The van der Waals surface area contributed by atoms with E-state index in [9.17, 15) is 9.90 Å². The SMILES string of the molecule is CCCCCCCC(=O)c1c(O)cc(C)cc1CC. The normalized spacial score (nSPS) is 10.7. The van der Waals surface area contributed by atoms with Crippen LogP contribution in [0.1, 0.15) is 73.9 Å². The highest BCUT2D eigenvalue weighted by atomic mass is 16.3. The molecule has 0 saturated carbocycles. The van der Waals surface area contributed by atoms with Crippen molar-refractivity contribution in [3.05, 3.63) is 28.8 Å². The largest absolute Gasteiger partial charge is 0.507 e. The van der Waals surface area contributed by atoms with E-state index in [1.54, 1.807) is 6.07 Å². The minimum atomic E-state index is 0.0887. The fraction of sp³-hybridized carbons (Fsp3) is 0.588. The number of hydrogen-bond acceptors (Lipinski definition) is 2. The molecule has 1 N–H and O–H groups in total. The first-order valence-electron chi connectivity index (χ1n) is 7.45. The quantitative estimate of drug-likeness (QED) is 0.539. The van der Waals surface area contributed by atoms with Gasteiger partial charge >= 0.3 is 0 Å². The number of ketones is 1. The zero-order chi connectivity index (χ0) is 14.3. The second-order valence-corrected chi connectivity index (χ2v) is 5.26. The van der Waals surface area contributed by atoms with Crippen LogP contribution < -0.4 is 0 Å². The van der Waals surface area contributed by atoms with Gasteiger partial charge in [-0.1, -0.05) is 45.6 Å². The summed E-state index contributed by atoms with van der Waals surface area (Å²) in [6, 6.07) is 3.69. The molecule has 0 amide bonds. The number of aryl methyl sites for hydroxylation is 2. The lowest BCUT2D eigenvalue weighted by Crippen LogP contribution is -2.04. The molecule has 0 saturated heterocycles. The van der Waals surface area contributed by atoms with Crippen LogP contribution in [0.2, 0.25) is 0 Å². The Labute approximate surface area is 116 Å². The second kappa shape index (κ2) is 7.98. The highest BCUT2D eigenvalue weighted by molar-refractivity contribution is 6.00. The van der Waals surface area contributed by atoms with Gasteiger partial charge in [-0.25, -0.2) is 0 Å². The van der Waals surface area contributed by atoms with E-state index in [1.165, 1.54) is 19.3 Å². The number of carbonyl (C=O) groups is 1. The van der Waals surface area contributed by atoms with Crippen molar-refractivity contribution in [3.63, 3.8) is 0 Å². The molecule has 1 aromatic rings. The van der Waals surface area contributed by atoms with Crippen molar-refractivity contribution in [1.82, 2.24) is 0 Å². The predicted molar refractivity (Wildman–Crippen MR) is 79.9 cm³/mol. The summed E-state index contributed by atoms with van der Waals surface area (Å²) in [5, 5.41) is 9.99. The molecular formula is C17H26O2. The van der Waals surface area contributed by atoms with Crippen LogP contribution in [0.3, 0.4) is 0 Å². The van der Waals surface area contributed by atoms with Gasteiger partial charge in [-0.2, -0.15) is 0 Å². The van der Waals surface area contributed by atoms with Gasteiger partial charge in [0.15, 0.2) is 5.78 Å². The Morgan fingerprint density at radius 3 is 2.42 bits per heavy atom. The van der Waals surface area contributed by atoms with Crippen LogP contribution in [-0.2, 0) is 6.42 Å². The van der Waals surface area contributed by atoms with Crippen LogP contribution in [0.25, 0.3) is 0 Å². The van der Waals surface area contributed by atoms with Gasteiger partial charge in [-0.15, -0.1) is 0 Å². The summed E-state index contributed by atoms with van der Waals surface area (Å²) < 4.78 is 0. The Morgan fingerprint density at radius 2 is 1.79 bits per heavy atom. The van der Waals surface area contributed by atoms with Crippen molar-refractivity contribution in [3.8, 4) is 5.75 Å². The molecule has 2 nitrogen and oxygen atoms in total. The molecule has 106 valence electrons. The summed E-state index contributed by atoms with van der Waals surface area (Å²) in [4.78, 5) is 12.2. The molecule has 2 heteroatoms. The van der Waals surface area contributed by atoms with E-state index in [4.69, 9.17) is 0 Å². The van der Waals surface area contributed by atoms with Crippen LogP contribution >= 0.6 is 0 Å². The summed E-state index contributed by atoms with van der Waals surface area (Å²) in [5.74, 6) is 0.237. The monoisotopic (exact) mass is 262 g/mol. The maximum absolute atomic E-state index is 12.2. The molecule has 0 aliphatic rings. The maximum Gasteiger partial charge on any atom is 0.166 e. The molecule has 1 rings (SSSR count). The van der Waals surface area contributed by atoms with Gasteiger partial charge in [0, 0.05) is 6.42 Å². The fourth-order valence-electron chi connectivity index (χ4n) is 2.46. The predicted octanol–water partition coefficient (Wildman–Crippen LogP) is 4.81. The third-order valence-electron chi connectivity index (χ3n) is 3.51. The number of carbonyl (C=O) groups excluding carboxylic acids is 1. The lowest BCUT2D eigenvalue weighted by Gasteiger charge is -2.10. The first kappa shape index (κ1) is 15.7. The first-order chi connectivity index (χ1) is 9.10. The lowest BCUT2D eigenvalue weighted by atomic mass is 9.95. The second-order valence-electron chi connectivity index (χ2n) is 5.26. The van der Waals surface area contributed by atoms with E-state index in [0.717, 1.165) is 30.4 Å². The Kier molecular flexibility index (Phi) is 6.61. The van der Waals surface area contributed by atoms with Crippen LogP contribution in [-0.4, -0.2) is 10.9 Å². The Hall–Kier alpha value is -1.31. The van der Waals surface area contributed by atoms with Gasteiger partial charge in [-0.05, 0) is 37.0 Å². The summed E-state index contributed by atoms with van der Waals surface area (Å²) in [5.41, 5.74) is 2.52. The molecule has 0 heterocycles. The fourth-order valence-corrected chi connectivity index (χ4v) is 2.46. The van der Waals surface area contributed by atoms with E-state index in [-0.39, 0.29) is 11.5 Å². The molecule has 1 aromatic carbocycles. The van der Waals surface area contributed by atoms with Gasteiger partial charge in [0.1, 0.15) is 5.75 Å². The number of aromatic hydroxyl groups is 1. The van der Waals surface area contributed by atoms with Crippen molar-refractivity contribution in [1.29, 1.82) is 0 Å². The molecule has 0 unspecified atom stereocenters. The summed E-state index contributed by atoms with van der Waals surface area (Å²) in [7, 11) is 0. The smallest absolute Gasteiger partial charge is 0.166 e. The van der Waals surface area contributed by atoms with Crippen LogP contribution in [0.5, 0.6) is 5.75 Å². The van der Waals surface area contributed by atoms with E-state index >= 15 is 0 Å². The molecule has 0 fully saturated rings. The first-order valence-corrected chi connectivity index (χ1v) is 7.45. The molecule has 0 aliphatic carbocycles. The number of unbranched alkanes of at least 4 members (excludes halogenated alkanes) is 4. The zero-order valence-corrected chi connectivity index (χ0v) is 12.5. The zero-order valence-electron chi connectivity index (χ0n) is 12.5. The number of Topliss-reactive ketones (excluding diaryl/α,β-unsaturated/α-hetero) is 1. The van der Waals surface area contributed by atoms with Crippen molar-refractivity contribution in [2.75, 3.05) is 0 Å². The number of phenolic OH excluding ortho intramolecular Hbond substituents is 1.